The molecule has 28 heavy (non-hydrogen) atoms. The van der Waals surface area contributed by atoms with E-state index in [0.717, 1.165) is 18.4 Å². The molecule has 0 spiro atoms. The topological polar surface area (TPSA) is 62.6 Å². The summed E-state index contributed by atoms with van der Waals surface area (Å²) in [7, 11) is 0. The first-order valence-electron chi connectivity index (χ1n) is 10.2. The van der Waals surface area contributed by atoms with E-state index in [1.165, 1.54) is 0 Å². The second-order valence-corrected chi connectivity index (χ2v) is 6.88. The Labute approximate surface area is 167 Å². The van der Waals surface area contributed by atoms with E-state index in [1.807, 2.05) is 52.0 Å². The average Bonchev–Trinajstić information content (AvgIpc) is 3.06. The lowest BCUT2D eigenvalue weighted by Crippen LogP contribution is -2.37. The zero-order chi connectivity index (χ0) is 20.7. The van der Waals surface area contributed by atoms with Crippen molar-refractivity contribution >= 4 is 28.5 Å². The Morgan fingerprint density at radius 1 is 0.893 bits per heavy atom. The van der Waals surface area contributed by atoms with Crippen LogP contribution in [0.3, 0.4) is 0 Å². The molecule has 2 rings (SSSR count). The van der Waals surface area contributed by atoms with Gasteiger partial charge in [0.1, 0.15) is 6.54 Å². The highest BCUT2D eigenvalue weighted by Gasteiger charge is 2.26. The summed E-state index contributed by atoms with van der Waals surface area (Å²) in [6.45, 7) is 10.4. The number of carbonyl (C=O) groups excluding carboxylic acids is 3. The van der Waals surface area contributed by atoms with Crippen LogP contribution in [0.15, 0.2) is 30.5 Å². The van der Waals surface area contributed by atoms with E-state index in [0.29, 0.717) is 37.1 Å². The molecule has 0 aliphatic rings. The third kappa shape index (κ3) is 4.61. The van der Waals surface area contributed by atoms with E-state index < -0.39 is 11.7 Å². The van der Waals surface area contributed by atoms with Gasteiger partial charge in [0.2, 0.25) is 5.91 Å². The lowest BCUT2D eigenvalue weighted by Gasteiger charge is -2.20. The van der Waals surface area contributed by atoms with Crippen LogP contribution in [0.25, 0.3) is 10.9 Å². The number of nitrogens with zero attached hydrogens (tertiary/aromatic N) is 3. The molecule has 0 unspecified atom stereocenters. The fraction of sp³-hybridized carbons (Fsp3) is 0.500. The number of carbonyl (C=O) groups is 3. The summed E-state index contributed by atoms with van der Waals surface area (Å²) in [5, 5.41) is 0.709. The fourth-order valence-corrected chi connectivity index (χ4v) is 3.49. The van der Waals surface area contributed by atoms with Gasteiger partial charge in [-0.25, -0.2) is 0 Å². The number of fused-ring (bicyclic) bond motifs is 1. The Bertz CT molecular complexity index is 831. The van der Waals surface area contributed by atoms with E-state index in [4.69, 9.17) is 0 Å². The van der Waals surface area contributed by atoms with Crippen LogP contribution in [-0.4, -0.2) is 58.1 Å². The number of Topliss-reactive ketones (excluding diaryl/α,β-unsaturated/α-hetero) is 1. The predicted octanol–water partition coefficient (Wildman–Crippen LogP) is 3.34. The van der Waals surface area contributed by atoms with Crippen molar-refractivity contribution < 1.29 is 14.4 Å². The first kappa shape index (κ1) is 21.7. The van der Waals surface area contributed by atoms with Crippen molar-refractivity contribution in [2.75, 3.05) is 26.2 Å². The minimum absolute atomic E-state index is 0.00493. The van der Waals surface area contributed by atoms with Crippen LogP contribution in [0.4, 0.5) is 0 Å². The number of para-hydroxylation sites is 1. The maximum atomic E-state index is 13.0. The molecule has 0 aliphatic carbocycles. The van der Waals surface area contributed by atoms with Crippen molar-refractivity contribution in [2.24, 2.45) is 0 Å². The number of ketones is 1. The number of rotatable bonds is 10. The van der Waals surface area contributed by atoms with Crippen molar-refractivity contribution in [3.05, 3.63) is 36.0 Å². The number of hydrogen-bond acceptors (Lipinski definition) is 3. The number of benzene rings is 1. The number of amides is 2. The Kier molecular flexibility index (Phi) is 7.79. The molecule has 1 aromatic carbocycles. The molecule has 0 fully saturated rings. The second-order valence-electron chi connectivity index (χ2n) is 6.88. The van der Waals surface area contributed by atoms with Gasteiger partial charge in [-0.2, -0.15) is 0 Å². The summed E-state index contributed by atoms with van der Waals surface area (Å²) in [5.74, 6) is -0.983. The minimum atomic E-state index is -0.507. The van der Waals surface area contributed by atoms with Crippen molar-refractivity contribution in [3.8, 4) is 0 Å². The van der Waals surface area contributed by atoms with E-state index in [-0.39, 0.29) is 12.5 Å². The molecule has 2 amide bonds. The quantitative estimate of drug-likeness (QED) is 0.465. The maximum Gasteiger partial charge on any atom is 0.295 e. The van der Waals surface area contributed by atoms with Crippen molar-refractivity contribution in [3.63, 3.8) is 0 Å². The molecule has 0 radical (unpaired) electrons. The van der Waals surface area contributed by atoms with E-state index in [2.05, 4.69) is 0 Å². The van der Waals surface area contributed by atoms with Gasteiger partial charge in [0.05, 0.1) is 5.56 Å². The zero-order valence-corrected chi connectivity index (χ0v) is 17.4. The first-order chi connectivity index (χ1) is 13.5. The smallest absolute Gasteiger partial charge is 0.295 e. The van der Waals surface area contributed by atoms with Gasteiger partial charge in [0, 0.05) is 43.3 Å². The predicted molar refractivity (Wildman–Crippen MR) is 111 cm³/mol. The SMILES string of the molecule is CCCN(CCC)C(=O)C(=O)c1cn(CC(=O)N(CC)CC)c2ccccc12. The van der Waals surface area contributed by atoms with E-state index in [9.17, 15) is 14.4 Å². The Morgan fingerprint density at radius 3 is 2.07 bits per heavy atom. The Balaban J connectivity index is 2.39. The molecule has 6 heteroatoms. The molecule has 1 aromatic heterocycles. The van der Waals surface area contributed by atoms with Gasteiger partial charge in [-0.3, -0.25) is 14.4 Å². The largest absolute Gasteiger partial charge is 0.342 e. The number of aromatic nitrogens is 1. The Hall–Kier alpha value is -2.63. The molecule has 1 heterocycles. The highest BCUT2D eigenvalue weighted by atomic mass is 16.2. The molecule has 0 bridgehead atoms. The molecule has 0 N–H and O–H groups in total. The number of likely N-dealkylation sites (N-methyl/N-ethyl adjacent to an activating group) is 1. The summed E-state index contributed by atoms with van der Waals surface area (Å²) in [5.41, 5.74) is 1.15. The molecule has 0 atom stereocenters. The van der Waals surface area contributed by atoms with E-state index >= 15 is 0 Å². The monoisotopic (exact) mass is 385 g/mol. The van der Waals surface area contributed by atoms with Gasteiger partial charge in [-0.15, -0.1) is 0 Å². The molecular formula is C22H31N3O3. The third-order valence-electron chi connectivity index (χ3n) is 4.92. The molecule has 0 aliphatic heterocycles. The van der Waals surface area contributed by atoms with Gasteiger partial charge in [0.15, 0.2) is 0 Å². The third-order valence-corrected chi connectivity index (χ3v) is 4.92. The summed E-state index contributed by atoms with van der Waals surface area (Å²) in [4.78, 5) is 41.7. The average molecular weight is 386 g/mol. The molecule has 0 saturated heterocycles. The summed E-state index contributed by atoms with van der Waals surface area (Å²) in [6, 6.07) is 7.42. The molecule has 0 saturated carbocycles. The normalized spacial score (nSPS) is 10.9. The number of hydrogen-bond donors (Lipinski definition) is 0. The van der Waals surface area contributed by atoms with Crippen LogP contribution in [0, 0.1) is 0 Å². The lowest BCUT2D eigenvalue weighted by atomic mass is 10.1. The van der Waals surface area contributed by atoms with Crippen LogP contribution in [-0.2, 0) is 16.1 Å². The van der Waals surface area contributed by atoms with Gasteiger partial charge < -0.3 is 14.4 Å². The van der Waals surface area contributed by atoms with Crippen LogP contribution in [0.5, 0.6) is 0 Å². The molecule has 152 valence electrons. The van der Waals surface area contributed by atoms with Crippen LogP contribution < -0.4 is 0 Å². The van der Waals surface area contributed by atoms with Gasteiger partial charge >= 0.3 is 0 Å². The molecule has 2 aromatic rings. The van der Waals surface area contributed by atoms with Gasteiger partial charge in [0.25, 0.3) is 11.7 Å². The highest BCUT2D eigenvalue weighted by molar-refractivity contribution is 6.44. The second kappa shape index (κ2) is 10.1. The van der Waals surface area contributed by atoms with Crippen LogP contribution in [0.1, 0.15) is 50.9 Å². The zero-order valence-electron chi connectivity index (χ0n) is 17.4. The van der Waals surface area contributed by atoms with Crippen molar-refractivity contribution in [1.29, 1.82) is 0 Å². The lowest BCUT2D eigenvalue weighted by molar-refractivity contribution is -0.131. The maximum absolute atomic E-state index is 13.0. The molecule has 6 nitrogen and oxygen atoms in total. The van der Waals surface area contributed by atoms with Gasteiger partial charge in [-0.05, 0) is 32.8 Å². The summed E-state index contributed by atoms with van der Waals surface area (Å²) >= 11 is 0. The fourth-order valence-electron chi connectivity index (χ4n) is 3.49. The summed E-state index contributed by atoms with van der Waals surface area (Å²) < 4.78 is 1.78. The van der Waals surface area contributed by atoms with Gasteiger partial charge in [-0.1, -0.05) is 32.0 Å². The van der Waals surface area contributed by atoms with Crippen LogP contribution in [0.2, 0.25) is 0 Å². The molecular weight excluding hydrogens is 354 g/mol. The van der Waals surface area contributed by atoms with Crippen molar-refractivity contribution in [2.45, 2.75) is 47.1 Å². The minimum Gasteiger partial charge on any atom is -0.342 e. The van der Waals surface area contributed by atoms with Crippen molar-refractivity contribution in [1.82, 2.24) is 14.4 Å². The first-order valence-corrected chi connectivity index (χ1v) is 10.2. The van der Waals surface area contributed by atoms with E-state index in [1.54, 1.807) is 20.6 Å². The highest BCUT2D eigenvalue weighted by Crippen LogP contribution is 2.23. The van der Waals surface area contributed by atoms with Crippen LogP contribution >= 0.6 is 0 Å². The Morgan fingerprint density at radius 2 is 1.50 bits per heavy atom. The standard InChI is InChI=1S/C22H31N3O3/c1-5-13-24(14-6-2)22(28)21(27)18-15-25(16-20(26)23(7-3)8-4)19-12-10-9-11-17(18)19/h9-12,15H,5-8,13-14,16H2,1-4H3. The summed E-state index contributed by atoms with van der Waals surface area (Å²) in [6.07, 6.45) is 3.26.